The molecule has 0 aliphatic carbocycles. The van der Waals surface area contributed by atoms with Crippen LogP contribution in [0.3, 0.4) is 0 Å². The molecule has 0 radical (unpaired) electrons. The summed E-state index contributed by atoms with van der Waals surface area (Å²) in [4.78, 5) is 15.4. The Kier molecular flexibility index (Phi) is 7.16. The van der Waals surface area contributed by atoms with Crippen LogP contribution in [0.4, 0.5) is 5.69 Å². The van der Waals surface area contributed by atoms with Crippen molar-refractivity contribution in [2.45, 2.75) is 44.4 Å². The van der Waals surface area contributed by atoms with Gasteiger partial charge in [0, 0.05) is 24.3 Å². The molecule has 0 N–H and O–H groups in total. The Balaban J connectivity index is 1.60. The lowest BCUT2D eigenvalue weighted by molar-refractivity contribution is -0.0440. The minimum atomic E-state index is -3.67. The maximum atomic E-state index is 13.5. The lowest BCUT2D eigenvalue weighted by atomic mass is 10.1. The number of hydrogen-bond donors (Lipinski definition) is 0. The van der Waals surface area contributed by atoms with Crippen molar-refractivity contribution in [2.24, 2.45) is 0 Å². The summed E-state index contributed by atoms with van der Waals surface area (Å²) in [6.07, 6.45) is -0.333. The summed E-state index contributed by atoms with van der Waals surface area (Å²) in [7, 11) is -3.67. The lowest BCUT2D eigenvalue weighted by Crippen LogP contribution is -2.48. The Hall–Kier alpha value is -3.00. The number of rotatable bonds is 6. The summed E-state index contributed by atoms with van der Waals surface area (Å²) >= 11 is 0. The number of morpholine rings is 1. The molecule has 2 unspecified atom stereocenters. The number of aryl methyl sites for hydroxylation is 1. The van der Waals surface area contributed by atoms with Crippen LogP contribution in [0.1, 0.15) is 35.3 Å². The molecule has 3 aromatic rings. The summed E-state index contributed by atoms with van der Waals surface area (Å²) < 4.78 is 33.4. The standard InChI is InChI=1S/C27H30N2O4S/c1-20-9-13-25(14-10-20)29(19-23-7-5-4-6-8-23)27(30)24-11-15-26(16-12-24)34(31,32)28-17-21(2)33-22(3)18-28/h4-16,21-22H,17-19H2,1-3H3. The number of nitrogens with zero attached hydrogens (tertiary/aromatic N) is 2. The van der Waals surface area contributed by atoms with E-state index in [1.807, 2.05) is 75.4 Å². The molecule has 6 nitrogen and oxygen atoms in total. The van der Waals surface area contributed by atoms with Crippen molar-refractivity contribution >= 4 is 21.6 Å². The third-order valence-corrected chi connectivity index (χ3v) is 7.75. The molecule has 1 heterocycles. The number of benzene rings is 3. The van der Waals surface area contributed by atoms with Crippen molar-refractivity contribution in [3.8, 4) is 0 Å². The van der Waals surface area contributed by atoms with Crippen LogP contribution >= 0.6 is 0 Å². The third-order valence-electron chi connectivity index (χ3n) is 5.90. The Morgan fingerprint density at radius 2 is 1.50 bits per heavy atom. The smallest absolute Gasteiger partial charge is 0.258 e. The maximum Gasteiger partial charge on any atom is 0.258 e. The van der Waals surface area contributed by atoms with Gasteiger partial charge >= 0.3 is 0 Å². The Morgan fingerprint density at radius 3 is 2.09 bits per heavy atom. The number of sulfonamides is 1. The average Bonchev–Trinajstić information content (AvgIpc) is 2.83. The SMILES string of the molecule is Cc1ccc(N(Cc2ccccc2)C(=O)c2ccc(S(=O)(=O)N3CC(C)OC(C)C3)cc2)cc1. The maximum absolute atomic E-state index is 13.5. The highest BCUT2D eigenvalue weighted by atomic mass is 32.2. The fourth-order valence-electron chi connectivity index (χ4n) is 4.17. The van der Waals surface area contributed by atoms with Crippen molar-refractivity contribution in [2.75, 3.05) is 18.0 Å². The van der Waals surface area contributed by atoms with Crippen LogP contribution in [-0.2, 0) is 21.3 Å². The van der Waals surface area contributed by atoms with E-state index in [1.165, 1.54) is 16.4 Å². The first-order valence-corrected chi connectivity index (χ1v) is 12.9. The quantitative estimate of drug-likeness (QED) is 0.518. The van der Waals surface area contributed by atoms with Gasteiger partial charge in [0.05, 0.1) is 23.6 Å². The van der Waals surface area contributed by atoms with Crippen LogP contribution in [0, 0.1) is 6.92 Å². The zero-order chi connectivity index (χ0) is 24.3. The Labute approximate surface area is 201 Å². The van der Waals surface area contributed by atoms with Crippen molar-refractivity contribution in [1.29, 1.82) is 0 Å². The summed E-state index contributed by atoms with van der Waals surface area (Å²) in [5.41, 5.74) is 3.33. The van der Waals surface area contributed by atoms with Gasteiger partial charge in [0.2, 0.25) is 10.0 Å². The van der Waals surface area contributed by atoms with Gasteiger partial charge in [-0.2, -0.15) is 4.31 Å². The largest absolute Gasteiger partial charge is 0.373 e. The van der Waals surface area contributed by atoms with Crippen LogP contribution in [0.2, 0.25) is 0 Å². The van der Waals surface area contributed by atoms with E-state index in [9.17, 15) is 13.2 Å². The zero-order valence-electron chi connectivity index (χ0n) is 19.7. The molecule has 34 heavy (non-hydrogen) atoms. The summed E-state index contributed by atoms with van der Waals surface area (Å²) in [5.74, 6) is -0.190. The van der Waals surface area contributed by atoms with Crippen molar-refractivity contribution in [3.63, 3.8) is 0 Å². The van der Waals surface area contributed by atoms with E-state index in [4.69, 9.17) is 4.74 Å². The highest BCUT2D eigenvalue weighted by molar-refractivity contribution is 7.89. The first-order valence-electron chi connectivity index (χ1n) is 11.4. The summed E-state index contributed by atoms with van der Waals surface area (Å²) in [5, 5.41) is 0. The predicted octanol–water partition coefficient (Wildman–Crippen LogP) is 4.64. The highest BCUT2D eigenvalue weighted by Crippen LogP contribution is 2.24. The molecule has 0 bridgehead atoms. The Bertz CT molecular complexity index is 1220. The molecule has 1 aliphatic heterocycles. The summed E-state index contributed by atoms with van der Waals surface area (Å²) in [6.45, 7) is 6.77. The second-order valence-corrected chi connectivity index (χ2v) is 10.8. The molecule has 1 aliphatic rings. The molecule has 178 valence electrons. The molecule has 0 saturated carbocycles. The summed E-state index contributed by atoms with van der Waals surface area (Å²) in [6, 6.07) is 23.8. The van der Waals surface area contributed by atoms with Crippen LogP contribution in [0.25, 0.3) is 0 Å². The molecule has 4 rings (SSSR count). The van der Waals surface area contributed by atoms with Gasteiger partial charge in [-0.25, -0.2) is 8.42 Å². The van der Waals surface area contributed by atoms with E-state index in [0.717, 1.165) is 16.8 Å². The highest BCUT2D eigenvalue weighted by Gasteiger charge is 2.32. The van der Waals surface area contributed by atoms with Crippen molar-refractivity contribution in [3.05, 3.63) is 95.6 Å². The van der Waals surface area contributed by atoms with E-state index >= 15 is 0 Å². The van der Waals surface area contributed by atoms with Gasteiger partial charge in [-0.3, -0.25) is 4.79 Å². The van der Waals surface area contributed by atoms with E-state index in [2.05, 4.69) is 0 Å². The fraction of sp³-hybridized carbons (Fsp3) is 0.296. The van der Waals surface area contributed by atoms with Crippen molar-refractivity contribution in [1.82, 2.24) is 4.31 Å². The topological polar surface area (TPSA) is 66.9 Å². The van der Waals surface area contributed by atoms with Crippen molar-refractivity contribution < 1.29 is 17.9 Å². The number of carbonyl (C=O) groups is 1. The molecule has 3 aromatic carbocycles. The molecule has 1 fully saturated rings. The number of amides is 1. The first-order chi connectivity index (χ1) is 16.2. The van der Waals surface area contributed by atoms with Gasteiger partial charge in [-0.1, -0.05) is 48.0 Å². The normalized spacial score (nSPS) is 19.0. The van der Waals surface area contributed by atoms with E-state index in [-0.39, 0.29) is 23.0 Å². The second-order valence-electron chi connectivity index (χ2n) is 8.82. The molecular weight excluding hydrogens is 448 g/mol. The monoisotopic (exact) mass is 478 g/mol. The molecule has 1 saturated heterocycles. The number of carbonyl (C=O) groups excluding carboxylic acids is 1. The van der Waals surface area contributed by atoms with E-state index in [1.54, 1.807) is 17.0 Å². The fourth-order valence-corrected chi connectivity index (χ4v) is 5.76. The minimum absolute atomic E-state index is 0.166. The van der Waals surface area contributed by atoms with Gasteiger partial charge in [0.15, 0.2) is 0 Å². The van der Waals surface area contributed by atoms with E-state index < -0.39 is 10.0 Å². The van der Waals surface area contributed by atoms with Gasteiger partial charge in [0.1, 0.15) is 0 Å². The van der Waals surface area contributed by atoms with Gasteiger partial charge in [-0.05, 0) is 62.7 Å². The van der Waals surface area contributed by atoms with Crippen LogP contribution in [-0.4, -0.2) is 43.9 Å². The molecule has 0 aromatic heterocycles. The molecule has 2 atom stereocenters. The molecular formula is C27H30N2O4S. The predicted molar refractivity (Wildman–Crippen MR) is 133 cm³/mol. The lowest BCUT2D eigenvalue weighted by Gasteiger charge is -2.34. The zero-order valence-corrected chi connectivity index (χ0v) is 20.5. The molecule has 1 amide bonds. The molecule has 0 spiro atoms. The second kappa shape index (κ2) is 10.1. The Morgan fingerprint density at radius 1 is 0.912 bits per heavy atom. The van der Waals surface area contributed by atoms with Gasteiger partial charge < -0.3 is 9.64 Å². The molecule has 7 heteroatoms. The number of hydrogen-bond acceptors (Lipinski definition) is 4. The average molecular weight is 479 g/mol. The first kappa shape index (κ1) is 24.1. The number of anilines is 1. The van der Waals surface area contributed by atoms with Gasteiger partial charge in [-0.15, -0.1) is 0 Å². The van der Waals surface area contributed by atoms with E-state index in [0.29, 0.717) is 25.2 Å². The van der Waals surface area contributed by atoms with Crippen LogP contribution in [0.15, 0.2) is 83.8 Å². The van der Waals surface area contributed by atoms with Crippen LogP contribution in [0.5, 0.6) is 0 Å². The number of ether oxygens (including phenoxy) is 1. The van der Waals surface area contributed by atoms with Gasteiger partial charge in [0.25, 0.3) is 5.91 Å². The third kappa shape index (κ3) is 5.38. The van der Waals surface area contributed by atoms with Crippen LogP contribution < -0.4 is 4.90 Å². The minimum Gasteiger partial charge on any atom is -0.373 e.